The van der Waals surface area contributed by atoms with E-state index < -0.39 is 0 Å². The molecule has 0 saturated carbocycles. The monoisotopic (exact) mass is 428 g/mol. The molecule has 3 aromatic rings. The standard InChI is InChI=1S/C23H25ClN2O4/c1-14-21(23(28)25-15-6-8-19(29-2)17(24)12-15)22-16(13-26-10-4-3-5-11-26)18(27)7-9-20(22)30-14/h6-9,12,27H,3-5,10-11,13H2,1-2H3,(H,25,28). The Bertz CT molecular complexity index is 1090. The Kier molecular flexibility index (Phi) is 5.88. The molecule has 1 amide bonds. The van der Waals surface area contributed by atoms with E-state index in [0.717, 1.165) is 31.5 Å². The van der Waals surface area contributed by atoms with E-state index in [0.29, 0.717) is 45.3 Å². The molecule has 1 aliphatic heterocycles. The first-order chi connectivity index (χ1) is 14.5. The normalized spacial score (nSPS) is 14.8. The van der Waals surface area contributed by atoms with Crippen molar-refractivity contribution in [1.29, 1.82) is 0 Å². The number of ether oxygens (including phenoxy) is 1. The number of methoxy groups -OCH3 is 1. The number of rotatable bonds is 5. The molecule has 0 aliphatic carbocycles. The maximum Gasteiger partial charge on any atom is 0.259 e. The lowest BCUT2D eigenvalue weighted by atomic mass is 10.0. The number of piperidine rings is 1. The van der Waals surface area contributed by atoms with Gasteiger partial charge in [-0.1, -0.05) is 18.0 Å². The highest BCUT2D eigenvalue weighted by Crippen LogP contribution is 2.36. The van der Waals surface area contributed by atoms with E-state index in [2.05, 4.69) is 10.2 Å². The summed E-state index contributed by atoms with van der Waals surface area (Å²) in [5.74, 6) is 0.911. The van der Waals surface area contributed by atoms with Crippen LogP contribution < -0.4 is 10.1 Å². The van der Waals surface area contributed by atoms with Gasteiger partial charge in [0, 0.05) is 23.2 Å². The van der Waals surface area contributed by atoms with Gasteiger partial charge in [-0.25, -0.2) is 0 Å². The zero-order valence-corrected chi connectivity index (χ0v) is 17.9. The highest BCUT2D eigenvalue weighted by atomic mass is 35.5. The van der Waals surface area contributed by atoms with Gasteiger partial charge in [0.1, 0.15) is 22.8 Å². The second kappa shape index (κ2) is 8.58. The Hall–Kier alpha value is -2.70. The number of aryl methyl sites for hydroxylation is 1. The summed E-state index contributed by atoms with van der Waals surface area (Å²) in [5, 5.41) is 14.6. The molecular weight excluding hydrogens is 404 g/mol. The van der Waals surface area contributed by atoms with Crippen LogP contribution in [-0.2, 0) is 6.54 Å². The van der Waals surface area contributed by atoms with Crippen LogP contribution in [0.3, 0.4) is 0 Å². The Morgan fingerprint density at radius 2 is 2.00 bits per heavy atom. The first kappa shape index (κ1) is 20.6. The van der Waals surface area contributed by atoms with Crippen molar-refractivity contribution in [2.75, 3.05) is 25.5 Å². The van der Waals surface area contributed by atoms with Crippen LogP contribution >= 0.6 is 11.6 Å². The molecule has 158 valence electrons. The van der Waals surface area contributed by atoms with Crippen molar-refractivity contribution < 1.29 is 19.1 Å². The largest absolute Gasteiger partial charge is 0.508 e. The third-order valence-corrected chi connectivity index (χ3v) is 5.88. The first-order valence-electron chi connectivity index (χ1n) is 10.1. The number of fused-ring (bicyclic) bond motifs is 1. The number of amides is 1. The lowest BCUT2D eigenvalue weighted by Crippen LogP contribution is -2.29. The van der Waals surface area contributed by atoms with Crippen molar-refractivity contribution in [1.82, 2.24) is 4.90 Å². The smallest absolute Gasteiger partial charge is 0.259 e. The summed E-state index contributed by atoms with van der Waals surface area (Å²) in [5.41, 5.74) is 2.30. The molecule has 2 aromatic carbocycles. The number of phenolic OH excluding ortho intramolecular Hbond substituents is 1. The summed E-state index contributed by atoms with van der Waals surface area (Å²) in [4.78, 5) is 15.5. The predicted octanol–water partition coefficient (Wildman–Crippen LogP) is 5.35. The molecule has 0 atom stereocenters. The van der Waals surface area contributed by atoms with Gasteiger partial charge >= 0.3 is 0 Å². The number of phenols is 1. The fourth-order valence-electron chi connectivity index (χ4n) is 4.08. The summed E-state index contributed by atoms with van der Waals surface area (Å²) in [6.45, 7) is 4.31. The topological polar surface area (TPSA) is 74.9 Å². The van der Waals surface area contributed by atoms with E-state index in [4.69, 9.17) is 20.8 Å². The van der Waals surface area contributed by atoms with E-state index in [1.807, 2.05) is 0 Å². The third-order valence-electron chi connectivity index (χ3n) is 5.58. The first-order valence-corrected chi connectivity index (χ1v) is 10.5. The van der Waals surface area contributed by atoms with E-state index in [9.17, 15) is 9.90 Å². The van der Waals surface area contributed by atoms with Gasteiger partial charge in [-0.15, -0.1) is 0 Å². The minimum Gasteiger partial charge on any atom is -0.508 e. The number of carbonyl (C=O) groups excluding carboxylic acids is 1. The summed E-state index contributed by atoms with van der Waals surface area (Å²) >= 11 is 6.19. The van der Waals surface area contributed by atoms with Crippen molar-refractivity contribution in [3.63, 3.8) is 0 Å². The van der Waals surface area contributed by atoms with Crippen LogP contribution in [0.25, 0.3) is 11.0 Å². The van der Waals surface area contributed by atoms with Gasteiger partial charge in [0.2, 0.25) is 0 Å². The van der Waals surface area contributed by atoms with Gasteiger partial charge in [0.25, 0.3) is 5.91 Å². The van der Waals surface area contributed by atoms with E-state index in [-0.39, 0.29) is 11.7 Å². The number of nitrogens with one attached hydrogen (secondary N) is 1. The Morgan fingerprint density at radius 3 is 2.70 bits per heavy atom. The molecule has 1 aromatic heterocycles. The van der Waals surface area contributed by atoms with Crippen LogP contribution in [0.15, 0.2) is 34.7 Å². The number of furan rings is 1. The fourth-order valence-corrected chi connectivity index (χ4v) is 4.34. The Morgan fingerprint density at radius 1 is 1.23 bits per heavy atom. The maximum absolute atomic E-state index is 13.2. The predicted molar refractivity (Wildman–Crippen MR) is 118 cm³/mol. The number of benzene rings is 2. The zero-order valence-electron chi connectivity index (χ0n) is 17.1. The highest BCUT2D eigenvalue weighted by Gasteiger charge is 2.24. The van der Waals surface area contributed by atoms with E-state index in [1.165, 1.54) is 13.5 Å². The Balaban J connectivity index is 1.70. The van der Waals surface area contributed by atoms with Crippen molar-refractivity contribution >= 4 is 34.2 Å². The number of hydrogen-bond donors (Lipinski definition) is 2. The number of halogens is 1. The highest BCUT2D eigenvalue weighted by molar-refractivity contribution is 6.32. The van der Waals surface area contributed by atoms with E-state index >= 15 is 0 Å². The molecule has 4 rings (SSSR count). The average Bonchev–Trinajstić information content (AvgIpc) is 3.07. The molecule has 6 nitrogen and oxygen atoms in total. The zero-order chi connectivity index (χ0) is 21.3. The molecule has 2 heterocycles. The van der Waals surface area contributed by atoms with Crippen molar-refractivity contribution in [3.8, 4) is 11.5 Å². The summed E-state index contributed by atoms with van der Waals surface area (Å²) < 4.78 is 11.0. The van der Waals surface area contributed by atoms with Crippen LogP contribution in [0.4, 0.5) is 5.69 Å². The van der Waals surface area contributed by atoms with Crippen molar-refractivity contribution in [2.45, 2.75) is 32.7 Å². The molecule has 7 heteroatoms. The number of anilines is 1. The molecular formula is C23H25ClN2O4. The number of carbonyl (C=O) groups is 1. The quantitative estimate of drug-likeness (QED) is 0.573. The SMILES string of the molecule is COc1ccc(NC(=O)c2c(C)oc3ccc(O)c(CN4CCCCC4)c23)cc1Cl. The number of aromatic hydroxyl groups is 1. The number of hydrogen-bond acceptors (Lipinski definition) is 5. The third kappa shape index (κ3) is 3.98. The van der Waals surface area contributed by atoms with Crippen LogP contribution in [0.1, 0.15) is 40.9 Å². The Labute approximate surface area is 180 Å². The summed E-state index contributed by atoms with van der Waals surface area (Å²) in [6, 6.07) is 8.41. The van der Waals surface area contributed by atoms with Gasteiger partial charge in [-0.05, 0) is 63.2 Å². The van der Waals surface area contributed by atoms with Crippen LogP contribution in [0, 0.1) is 6.92 Å². The average molecular weight is 429 g/mol. The van der Waals surface area contributed by atoms with Gasteiger partial charge in [0.05, 0.1) is 17.7 Å². The molecule has 30 heavy (non-hydrogen) atoms. The van der Waals surface area contributed by atoms with Gasteiger partial charge in [-0.3, -0.25) is 9.69 Å². The van der Waals surface area contributed by atoms with Crippen LogP contribution in [0.2, 0.25) is 5.02 Å². The second-order valence-corrected chi connectivity index (χ2v) is 8.02. The van der Waals surface area contributed by atoms with E-state index in [1.54, 1.807) is 37.3 Å². The number of likely N-dealkylation sites (tertiary alicyclic amines) is 1. The molecule has 0 radical (unpaired) electrons. The molecule has 1 fully saturated rings. The molecule has 0 spiro atoms. The van der Waals surface area contributed by atoms with Gasteiger partial charge < -0.3 is 19.6 Å². The number of nitrogens with zero attached hydrogens (tertiary/aromatic N) is 1. The molecule has 0 bridgehead atoms. The summed E-state index contributed by atoms with van der Waals surface area (Å²) in [7, 11) is 1.54. The summed E-state index contributed by atoms with van der Waals surface area (Å²) in [6.07, 6.45) is 3.52. The molecule has 1 saturated heterocycles. The fraction of sp³-hybridized carbons (Fsp3) is 0.348. The molecule has 1 aliphatic rings. The second-order valence-electron chi connectivity index (χ2n) is 7.61. The van der Waals surface area contributed by atoms with Crippen LogP contribution in [-0.4, -0.2) is 36.1 Å². The lowest BCUT2D eigenvalue weighted by molar-refractivity contribution is 0.102. The molecule has 2 N–H and O–H groups in total. The van der Waals surface area contributed by atoms with Crippen LogP contribution in [0.5, 0.6) is 11.5 Å². The molecule has 0 unspecified atom stereocenters. The van der Waals surface area contributed by atoms with Crippen molar-refractivity contribution in [3.05, 3.63) is 52.2 Å². The minimum atomic E-state index is -0.307. The van der Waals surface area contributed by atoms with Crippen molar-refractivity contribution in [2.24, 2.45) is 0 Å². The lowest BCUT2D eigenvalue weighted by Gasteiger charge is -2.27. The maximum atomic E-state index is 13.2. The minimum absolute atomic E-state index is 0.176. The van der Waals surface area contributed by atoms with Gasteiger partial charge in [0.15, 0.2) is 0 Å². The van der Waals surface area contributed by atoms with Gasteiger partial charge in [-0.2, -0.15) is 0 Å².